The number of anilines is 2. The minimum absolute atomic E-state index is 0.0427. The molecule has 3 N–H and O–H groups in total. The molecule has 7 nitrogen and oxygen atoms in total. The fraction of sp³-hybridized carbons (Fsp3) is 0. The summed E-state index contributed by atoms with van der Waals surface area (Å²) in [6.07, 6.45) is 1.48. The molecular formula is C12H10N4O3. The number of nitrogens with one attached hydrogen (secondary N) is 1. The van der Waals surface area contributed by atoms with E-state index in [0.717, 1.165) is 0 Å². The number of nitro groups is 1. The van der Waals surface area contributed by atoms with E-state index in [1.807, 2.05) is 0 Å². The van der Waals surface area contributed by atoms with Crippen molar-refractivity contribution in [2.45, 2.75) is 0 Å². The van der Waals surface area contributed by atoms with Gasteiger partial charge in [-0.3, -0.25) is 14.9 Å². The van der Waals surface area contributed by atoms with E-state index in [-0.39, 0.29) is 17.1 Å². The Kier molecular flexibility index (Phi) is 3.37. The number of nitro benzene ring substituents is 1. The van der Waals surface area contributed by atoms with Gasteiger partial charge in [0.05, 0.1) is 10.5 Å². The molecule has 19 heavy (non-hydrogen) atoms. The highest BCUT2D eigenvalue weighted by Gasteiger charge is 2.11. The van der Waals surface area contributed by atoms with Gasteiger partial charge in [0.1, 0.15) is 5.82 Å². The molecule has 0 unspecified atom stereocenters. The lowest BCUT2D eigenvalue weighted by atomic mass is 10.2. The van der Waals surface area contributed by atoms with Crippen LogP contribution in [-0.2, 0) is 0 Å². The van der Waals surface area contributed by atoms with E-state index in [0.29, 0.717) is 5.69 Å². The van der Waals surface area contributed by atoms with Gasteiger partial charge < -0.3 is 11.1 Å². The van der Waals surface area contributed by atoms with Crippen molar-refractivity contribution in [2.24, 2.45) is 0 Å². The maximum atomic E-state index is 11.9. The average Bonchev–Trinajstić information content (AvgIpc) is 2.39. The molecule has 0 bridgehead atoms. The van der Waals surface area contributed by atoms with Gasteiger partial charge in [-0.2, -0.15) is 0 Å². The summed E-state index contributed by atoms with van der Waals surface area (Å²) in [4.78, 5) is 25.7. The second-order valence-electron chi connectivity index (χ2n) is 3.69. The second kappa shape index (κ2) is 5.13. The third-order valence-electron chi connectivity index (χ3n) is 2.42. The number of pyridine rings is 1. The number of rotatable bonds is 3. The van der Waals surface area contributed by atoms with Gasteiger partial charge in [0, 0.05) is 24.0 Å². The van der Waals surface area contributed by atoms with E-state index in [4.69, 9.17) is 5.73 Å². The van der Waals surface area contributed by atoms with Crippen molar-refractivity contribution in [2.75, 3.05) is 11.1 Å². The molecule has 0 saturated carbocycles. The zero-order valence-corrected chi connectivity index (χ0v) is 9.74. The molecule has 0 saturated heterocycles. The third kappa shape index (κ3) is 2.83. The summed E-state index contributed by atoms with van der Waals surface area (Å²) < 4.78 is 0. The van der Waals surface area contributed by atoms with E-state index in [2.05, 4.69) is 10.3 Å². The van der Waals surface area contributed by atoms with Crippen molar-refractivity contribution in [3.05, 3.63) is 58.3 Å². The van der Waals surface area contributed by atoms with Gasteiger partial charge in [-0.25, -0.2) is 4.98 Å². The van der Waals surface area contributed by atoms with Crippen LogP contribution in [0.2, 0.25) is 0 Å². The van der Waals surface area contributed by atoms with Crippen molar-refractivity contribution in [3.8, 4) is 0 Å². The number of carbonyl (C=O) groups is 1. The SMILES string of the molecule is Nc1ncccc1C(=O)Nc1ccc([N+](=O)[O-])cc1. The van der Waals surface area contributed by atoms with Crippen molar-refractivity contribution < 1.29 is 9.72 Å². The van der Waals surface area contributed by atoms with Crippen LogP contribution in [0.15, 0.2) is 42.6 Å². The molecule has 0 fully saturated rings. The van der Waals surface area contributed by atoms with Crippen LogP contribution in [0.25, 0.3) is 0 Å². The van der Waals surface area contributed by atoms with Crippen LogP contribution in [0, 0.1) is 10.1 Å². The zero-order valence-electron chi connectivity index (χ0n) is 9.74. The van der Waals surface area contributed by atoms with Gasteiger partial charge in [-0.15, -0.1) is 0 Å². The first-order valence-corrected chi connectivity index (χ1v) is 5.34. The minimum atomic E-state index is -0.509. The van der Waals surface area contributed by atoms with E-state index in [9.17, 15) is 14.9 Å². The predicted molar refractivity (Wildman–Crippen MR) is 69.7 cm³/mol. The molecule has 1 aromatic heterocycles. The molecule has 96 valence electrons. The first-order valence-electron chi connectivity index (χ1n) is 5.34. The van der Waals surface area contributed by atoms with E-state index in [1.165, 1.54) is 30.5 Å². The lowest BCUT2D eigenvalue weighted by Crippen LogP contribution is -2.14. The number of hydrogen-bond donors (Lipinski definition) is 2. The molecule has 2 rings (SSSR count). The minimum Gasteiger partial charge on any atom is -0.383 e. The van der Waals surface area contributed by atoms with Gasteiger partial charge in [-0.05, 0) is 24.3 Å². The topological polar surface area (TPSA) is 111 Å². The molecule has 1 aromatic carbocycles. The Morgan fingerprint density at radius 2 is 1.95 bits per heavy atom. The first kappa shape index (κ1) is 12.5. The van der Waals surface area contributed by atoms with Crippen molar-refractivity contribution in [3.63, 3.8) is 0 Å². The molecule has 0 aliphatic rings. The van der Waals surface area contributed by atoms with Gasteiger partial charge in [0.2, 0.25) is 0 Å². The number of non-ortho nitro benzene ring substituents is 1. The van der Waals surface area contributed by atoms with Crippen molar-refractivity contribution >= 4 is 23.1 Å². The molecular weight excluding hydrogens is 248 g/mol. The summed E-state index contributed by atoms with van der Waals surface area (Å²) in [6, 6.07) is 8.65. The summed E-state index contributed by atoms with van der Waals surface area (Å²) in [5.41, 5.74) is 6.23. The van der Waals surface area contributed by atoms with Crippen LogP contribution in [0.3, 0.4) is 0 Å². The maximum absolute atomic E-state index is 11.9. The van der Waals surface area contributed by atoms with Gasteiger partial charge >= 0.3 is 0 Å². The number of aromatic nitrogens is 1. The summed E-state index contributed by atoms with van der Waals surface area (Å²) in [5.74, 6) is -0.290. The lowest BCUT2D eigenvalue weighted by Gasteiger charge is -2.06. The molecule has 0 radical (unpaired) electrons. The predicted octanol–water partition coefficient (Wildman–Crippen LogP) is 1.82. The molecule has 0 aliphatic carbocycles. The summed E-state index contributed by atoms with van der Waals surface area (Å²) >= 11 is 0. The number of nitrogens with zero attached hydrogens (tertiary/aromatic N) is 2. The Morgan fingerprint density at radius 1 is 1.26 bits per heavy atom. The summed E-state index contributed by atoms with van der Waals surface area (Å²) in [6.45, 7) is 0. The number of amides is 1. The molecule has 0 spiro atoms. The number of nitrogen functional groups attached to an aromatic ring is 1. The molecule has 0 aliphatic heterocycles. The highest BCUT2D eigenvalue weighted by molar-refractivity contribution is 6.07. The lowest BCUT2D eigenvalue weighted by molar-refractivity contribution is -0.384. The van der Waals surface area contributed by atoms with Crippen molar-refractivity contribution in [1.29, 1.82) is 0 Å². The Bertz CT molecular complexity index is 625. The monoisotopic (exact) mass is 258 g/mol. The van der Waals surface area contributed by atoms with Crippen LogP contribution in [0.4, 0.5) is 17.2 Å². The smallest absolute Gasteiger partial charge is 0.269 e. The van der Waals surface area contributed by atoms with Crippen LogP contribution >= 0.6 is 0 Å². The molecule has 0 atom stereocenters. The average molecular weight is 258 g/mol. The molecule has 7 heteroatoms. The molecule has 1 heterocycles. The fourth-order valence-corrected chi connectivity index (χ4v) is 1.47. The first-order chi connectivity index (χ1) is 9.08. The number of nitrogens with two attached hydrogens (primary N) is 1. The van der Waals surface area contributed by atoms with Crippen LogP contribution in [0.5, 0.6) is 0 Å². The van der Waals surface area contributed by atoms with Gasteiger partial charge in [0.25, 0.3) is 11.6 Å². The van der Waals surface area contributed by atoms with Gasteiger partial charge in [0.15, 0.2) is 0 Å². The highest BCUT2D eigenvalue weighted by atomic mass is 16.6. The maximum Gasteiger partial charge on any atom is 0.269 e. The van der Waals surface area contributed by atoms with Crippen LogP contribution in [0.1, 0.15) is 10.4 Å². The Morgan fingerprint density at radius 3 is 2.53 bits per heavy atom. The van der Waals surface area contributed by atoms with Gasteiger partial charge in [-0.1, -0.05) is 0 Å². The van der Waals surface area contributed by atoms with E-state index in [1.54, 1.807) is 12.1 Å². The summed E-state index contributed by atoms with van der Waals surface area (Å²) in [5, 5.41) is 13.1. The number of benzene rings is 1. The molecule has 1 amide bonds. The Balaban J connectivity index is 2.15. The van der Waals surface area contributed by atoms with E-state index < -0.39 is 10.8 Å². The van der Waals surface area contributed by atoms with E-state index >= 15 is 0 Å². The standard InChI is InChI=1S/C12H10N4O3/c13-11-10(2-1-7-14-11)12(17)15-8-3-5-9(6-4-8)16(18)19/h1-7H,(H2,13,14)(H,15,17). The Hall–Kier alpha value is -2.96. The highest BCUT2D eigenvalue weighted by Crippen LogP contribution is 2.17. The fourth-order valence-electron chi connectivity index (χ4n) is 1.47. The quantitative estimate of drug-likeness (QED) is 0.644. The summed E-state index contributed by atoms with van der Waals surface area (Å²) in [7, 11) is 0. The third-order valence-corrected chi connectivity index (χ3v) is 2.42. The van der Waals surface area contributed by atoms with Crippen LogP contribution in [-0.4, -0.2) is 15.8 Å². The zero-order chi connectivity index (χ0) is 13.8. The Labute approximate surface area is 108 Å². The molecule has 2 aromatic rings. The normalized spacial score (nSPS) is 9.89. The van der Waals surface area contributed by atoms with Crippen LogP contribution < -0.4 is 11.1 Å². The second-order valence-corrected chi connectivity index (χ2v) is 3.69. The van der Waals surface area contributed by atoms with Crippen molar-refractivity contribution in [1.82, 2.24) is 4.98 Å². The number of carbonyl (C=O) groups excluding carboxylic acids is 1. The number of hydrogen-bond acceptors (Lipinski definition) is 5. The largest absolute Gasteiger partial charge is 0.383 e.